The van der Waals surface area contributed by atoms with E-state index in [1.807, 2.05) is 6.07 Å². The summed E-state index contributed by atoms with van der Waals surface area (Å²) in [5.41, 5.74) is 2.07. The molecule has 0 amide bonds. The third-order valence-electron chi connectivity index (χ3n) is 4.17. The quantitative estimate of drug-likeness (QED) is 0.394. The van der Waals surface area contributed by atoms with Gasteiger partial charge < -0.3 is 9.47 Å². The molecule has 0 heterocycles. The highest BCUT2D eigenvalue weighted by Crippen LogP contribution is 2.40. The van der Waals surface area contributed by atoms with Crippen LogP contribution in [0.4, 0.5) is 0 Å². The number of halogens is 2. The third kappa shape index (κ3) is 5.14. The van der Waals surface area contributed by atoms with Crippen molar-refractivity contribution < 1.29 is 9.47 Å². The minimum Gasteiger partial charge on any atom is -0.493 e. The first kappa shape index (κ1) is 18.6. The topological polar surface area (TPSA) is 18.5 Å². The highest BCUT2D eigenvalue weighted by atomic mass is 35.5. The average Bonchev–Trinajstić information content (AvgIpc) is 2.58. The maximum atomic E-state index is 6.21. The molecule has 1 atom stereocenters. The molecule has 0 aliphatic heterocycles. The van der Waals surface area contributed by atoms with Crippen molar-refractivity contribution in [3.05, 3.63) is 41.5 Å². The molecule has 4 heteroatoms. The fourth-order valence-electron chi connectivity index (χ4n) is 2.81. The summed E-state index contributed by atoms with van der Waals surface area (Å²) in [6.07, 6.45) is 6.93. The van der Waals surface area contributed by atoms with Gasteiger partial charge in [0, 0.05) is 30.4 Å². The molecule has 0 saturated carbocycles. The summed E-state index contributed by atoms with van der Waals surface area (Å²) in [6, 6.07) is 8.37. The standard InChI is InChI=1S/C19H26Cl2O2/c1-19(23-15-7-5-13-21)11-10-18(22-14-6-4-12-20)16-8-2-3-9-17(16)19/h2-3,8-10H,4-7,11-15H2,1H3. The first-order chi connectivity index (χ1) is 11.2. The van der Waals surface area contributed by atoms with Crippen LogP contribution in [-0.4, -0.2) is 25.0 Å². The van der Waals surface area contributed by atoms with Gasteiger partial charge in [0.05, 0.1) is 12.2 Å². The molecule has 1 aromatic carbocycles. The smallest absolute Gasteiger partial charge is 0.123 e. The van der Waals surface area contributed by atoms with Crippen LogP contribution in [0.5, 0.6) is 0 Å². The summed E-state index contributed by atoms with van der Waals surface area (Å²) in [7, 11) is 0. The van der Waals surface area contributed by atoms with Gasteiger partial charge in [0.15, 0.2) is 0 Å². The van der Waals surface area contributed by atoms with E-state index < -0.39 is 0 Å². The van der Waals surface area contributed by atoms with E-state index in [1.165, 1.54) is 5.56 Å². The number of unbranched alkanes of at least 4 members (excludes halogenated alkanes) is 2. The van der Waals surface area contributed by atoms with Gasteiger partial charge in [-0.25, -0.2) is 0 Å². The van der Waals surface area contributed by atoms with Crippen molar-refractivity contribution in [3.8, 4) is 0 Å². The zero-order chi connectivity index (χ0) is 16.5. The molecule has 0 spiro atoms. The van der Waals surface area contributed by atoms with Crippen molar-refractivity contribution in [2.24, 2.45) is 0 Å². The van der Waals surface area contributed by atoms with Crippen LogP contribution in [0.2, 0.25) is 0 Å². The Balaban J connectivity index is 2.05. The molecule has 0 N–H and O–H groups in total. The van der Waals surface area contributed by atoms with Gasteiger partial charge >= 0.3 is 0 Å². The Morgan fingerprint density at radius 2 is 1.70 bits per heavy atom. The lowest BCUT2D eigenvalue weighted by atomic mass is 9.83. The van der Waals surface area contributed by atoms with Crippen LogP contribution in [0.25, 0.3) is 5.76 Å². The van der Waals surface area contributed by atoms with Crippen LogP contribution < -0.4 is 0 Å². The van der Waals surface area contributed by atoms with E-state index >= 15 is 0 Å². The molecule has 2 rings (SSSR count). The molecule has 0 radical (unpaired) electrons. The normalized spacial score (nSPS) is 20.0. The van der Waals surface area contributed by atoms with Gasteiger partial charge in [0.2, 0.25) is 0 Å². The average molecular weight is 357 g/mol. The summed E-state index contributed by atoms with van der Waals surface area (Å²) in [4.78, 5) is 0. The van der Waals surface area contributed by atoms with Gasteiger partial charge in [0.1, 0.15) is 5.76 Å². The molecule has 0 aromatic heterocycles. The molecular formula is C19H26Cl2O2. The van der Waals surface area contributed by atoms with E-state index in [9.17, 15) is 0 Å². The molecule has 1 aliphatic rings. The Kier molecular flexibility index (Phi) is 7.75. The highest BCUT2D eigenvalue weighted by Gasteiger charge is 2.33. The fraction of sp³-hybridized carbons (Fsp3) is 0.579. The molecule has 0 bridgehead atoms. The predicted octanol–water partition coefficient (Wildman–Crippen LogP) is 5.72. The van der Waals surface area contributed by atoms with E-state index in [1.54, 1.807) is 0 Å². The largest absolute Gasteiger partial charge is 0.493 e. The number of ether oxygens (including phenoxy) is 2. The van der Waals surface area contributed by atoms with Gasteiger partial charge in [-0.2, -0.15) is 0 Å². The van der Waals surface area contributed by atoms with Gasteiger partial charge in [-0.15, -0.1) is 23.2 Å². The van der Waals surface area contributed by atoms with Crippen molar-refractivity contribution in [3.63, 3.8) is 0 Å². The van der Waals surface area contributed by atoms with Gasteiger partial charge in [-0.1, -0.05) is 24.3 Å². The van der Waals surface area contributed by atoms with E-state index in [4.69, 9.17) is 32.7 Å². The van der Waals surface area contributed by atoms with E-state index in [0.717, 1.165) is 50.0 Å². The van der Waals surface area contributed by atoms with Crippen molar-refractivity contribution in [1.29, 1.82) is 0 Å². The number of fused-ring (bicyclic) bond motifs is 1. The lowest BCUT2D eigenvalue weighted by molar-refractivity contribution is -0.0373. The predicted molar refractivity (Wildman–Crippen MR) is 98.2 cm³/mol. The molecular weight excluding hydrogens is 331 g/mol. The molecule has 2 nitrogen and oxygen atoms in total. The summed E-state index contributed by atoms with van der Waals surface area (Å²) in [6.45, 7) is 3.60. The number of hydrogen-bond donors (Lipinski definition) is 0. The van der Waals surface area contributed by atoms with E-state index in [2.05, 4.69) is 31.2 Å². The number of hydrogen-bond acceptors (Lipinski definition) is 2. The molecule has 0 fully saturated rings. The minimum atomic E-state index is -0.286. The van der Waals surface area contributed by atoms with Gasteiger partial charge in [0.25, 0.3) is 0 Å². The summed E-state index contributed by atoms with van der Waals surface area (Å²) < 4.78 is 12.2. The Morgan fingerprint density at radius 1 is 1.00 bits per heavy atom. The minimum absolute atomic E-state index is 0.286. The summed E-state index contributed by atoms with van der Waals surface area (Å²) in [5.74, 6) is 2.35. The Labute approximate surface area is 149 Å². The second-order valence-electron chi connectivity index (χ2n) is 6.04. The van der Waals surface area contributed by atoms with Gasteiger partial charge in [-0.3, -0.25) is 0 Å². The first-order valence-corrected chi connectivity index (χ1v) is 9.47. The summed E-state index contributed by atoms with van der Waals surface area (Å²) >= 11 is 11.5. The zero-order valence-corrected chi connectivity index (χ0v) is 15.3. The lowest BCUT2D eigenvalue weighted by Crippen LogP contribution is -2.30. The second-order valence-corrected chi connectivity index (χ2v) is 6.79. The third-order valence-corrected chi connectivity index (χ3v) is 4.71. The van der Waals surface area contributed by atoms with Crippen LogP contribution >= 0.6 is 23.2 Å². The first-order valence-electron chi connectivity index (χ1n) is 8.40. The summed E-state index contributed by atoms with van der Waals surface area (Å²) in [5, 5.41) is 0. The second kappa shape index (κ2) is 9.56. The Hall–Kier alpha value is -0.700. The van der Waals surface area contributed by atoms with Crippen molar-refractivity contribution in [2.75, 3.05) is 25.0 Å². The highest BCUT2D eigenvalue weighted by molar-refractivity contribution is 6.18. The van der Waals surface area contributed by atoms with Crippen molar-refractivity contribution in [2.45, 2.75) is 44.6 Å². The monoisotopic (exact) mass is 356 g/mol. The molecule has 1 aromatic rings. The Morgan fingerprint density at radius 3 is 2.43 bits per heavy atom. The van der Waals surface area contributed by atoms with E-state index in [0.29, 0.717) is 18.4 Å². The van der Waals surface area contributed by atoms with Crippen LogP contribution in [-0.2, 0) is 15.1 Å². The SMILES string of the molecule is CC1(OCCCCCl)CC=C(OCCCCCl)c2ccccc21. The van der Waals surface area contributed by atoms with Crippen LogP contribution in [0.1, 0.15) is 50.2 Å². The lowest BCUT2D eigenvalue weighted by Gasteiger charge is -2.35. The van der Waals surface area contributed by atoms with Crippen LogP contribution in [0.15, 0.2) is 30.3 Å². The number of benzene rings is 1. The number of alkyl halides is 2. The molecule has 0 saturated heterocycles. The maximum absolute atomic E-state index is 6.21. The van der Waals surface area contributed by atoms with Crippen LogP contribution in [0, 0.1) is 0 Å². The zero-order valence-electron chi connectivity index (χ0n) is 13.8. The van der Waals surface area contributed by atoms with Crippen molar-refractivity contribution in [1.82, 2.24) is 0 Å². The number of rotatable bonds is 10. The van der Waals surface area contributed by atoms with Crippen molar-refractivity contribution >= 4 is 29.0 Å². The van der Waals surface area contributed by atoms with Crippen LogP contribution in [0.3, 0.4) is 0 Å². The molecule has 1 aliphatic carbocycles. The molecule has 1 unspecified atom stereocenters. The fourth-order valence-corrected chi connectivity index (χ4v) is 3.19. The Bertz CT molecular complexity index is 516. The molecule has 128 valence electrons. The molecule has 23 heavy (non-hydrogen) atoms. The van der Waals surface area contributed by atoms with Gasteiger partial charge in [-0.05, 0) is 44.2 Å². The van der Waals surface area contributed by atoms with E-state index in [-0.39, 0.29) is 5.60 Å². The maximum Gasteiger partial charge on any atom is 0.123 e.